The molecule has 2 aliphatic heterocycles. The largest absolute Gasteiger partial charge is 0.491 e. The Balaban J connectivity index is 0.00000272. The number of hydrogen-bond donors (Lipinski definition) is 2. The van der Waals surface area contributed by atoms with Crippen molar-refractivity contribution >= 4 is 25.3 Å². The molecule has 2 aliphatic rings. The Morgan fingerprint density at radius 2 is 1.81 bits per heavy atom. The maximum absolute atomic E-state index is 13.5. The quantitative estimate of drug-likeness (QED) is 0.557. The molecule has 2 aromatic rings. The number of amides is 2. The van der Waals surface area contributed by atoms with Gasteiger partial charge in [0.1, 0.15) is 18.2 Å². The Morgan fingerprint density at radius 3 is 2.48 bits per heavy atom. The fraction of sp³-hybridized carbons (Fsp3) is 0.364. The van der Waals surface area contributed by atoms with Gasteiger partial charge >= 0.3 is 0 Å². The lowest BCUT2D eigenvalue weighted by atomic mass is 9.96. The van der Waals surface area contributed by atoms with E-state index in [1.165, 1.54) is 12.1 Å². The van der Waals surface area contributed by atoms with Crippen LogP contribution in [-0.4, -0.2) is 41.7 Å². The van der Waals surface area contributed by atoms with Crippen LogP contribution in [0.4, 0.5) is 4.39 Å². The summed E-state index contributed by atoms with van der Waals surface area (Å²) in [6, 6.07) is 10.5. The lowest BCUT2D eigenvalue weighted by Gasteiger charge is -2.34. The van der Waals surface area contributed by atoms with Crippen molar-refractivity contribution in [1.29, 1.82) is 0 Å². The number of halogens is 1. The van der Waals surface area contributed by atoms with Gasteiger partial charge in [-0.1, -0.05) is 18.2 Å². The zero-order chi connectivity index (χ0) is 21.1. The molecule has 0 spiro atoms. The Labute approximate surface area is 186 Å². The molecule has 31 heavy (non-hydrogen) atoms. The Hall–Kier alpha value is -2.62. The molecular formula is C22H25FN2O5S. The highest BCUT2D eigenvalue weighted by Crippen LogP contribution is 2.34. The van der Waals surface area contributed by atoms with Gasteiger partial charge in [-0.25, -0.2) is 9.87 Å². The first-order chi connectivity index (χ1) is 14.6. The summed E-state index contributed by atoms with van der Waals surface area (Å²) >= 11 is 0. The lowest BCUT2D eigenvalue weighted by molar-refractivity contribution is -0.142. The van der Waals surface area contributed by atoms with Gasteiger partial charge in [-0.2, -0.15) is 13.5 Å². The normalized spacial score (nSPS) is 18.8. The number of nitrogens with zero attached hydrogens (tertiary/aromatic N) is 1. The molecular weight excluding hydrogens is 423 g/mol. The number of ether oxygens (including phenoxy) is 2. The van der Waals surface area contributed by atoms with Gasteiger partial charge in [0.2, 0.25) is 5.91 Å². The summed E-state index contributed by atoms with van der Waals surface area (Å²) in [4.78, 5) is 27.0. The van der Waals surface area contributed by atoms with Crippen LogP contribution in [0, 0.1) is 11.7 Å². The molecule has 2 heterocycles. The molecule has 1 fully saturated rings. The van der Waals surface area contributed by atoms with Crippen molar-refractivity contribution in [2.45, 2.75) is 25.4 Å². The molecule has 9 heteroatoms. The van der Waals surface area contributed by atoms with Gasteiger partial charge in [0.25, 0.3) is 5.91 Å². The van der Waals surface area contributed by atoms with Crippen LogP contribution >= 0.6 is 13.5 Å². The third-order valence-electron chi connectivity index (χ3n) is 5.65. The number of hydrogen-bond acceptors (Lipinski definition) is 5. The van der Waals surface area contributed by atoms with Crippen LogP contribution < -0.4 is 10.2 Å². The van der Waals surface area contributed by atoms with E-state index >= 15 is 0 Å². The summed E-state index contributed by atoms with van der Waals surface area (Å²) in [7, 11) is 0. The first-order valence-corrected chi connectivity index (χ1v) is 9.90. The number of nitrogens with one attached hydrogen (secondary N) is 1. The van der Waals surface area contributed by atoms with Gasteiger partial charge in [-0.15, -0.1) is 0 Å². The molecule has 166 valence electrons. The molecule has 0 saturated carbocycles. The minimum Gasteiger partial charge on any atom is -0.491 e. The van der Waals surface area contributed by atoms with E-state index in [0.717, 1.165) is 11.1 Å². The summed E-state index contributed by atoms with van der Waals surface area (Å²) in [5.41, 5.74) is 3.39. The maximum Gasteiger partial charge on any atom is 0.274 e. The summed E-state index contributed by atoms with van der Waals surface area (Å²) in [5.74, 6) is -0.635. The van der Waals surface area contributed by atoms with Crippen LogP contribution in [0.2, 0.25) is 0 Å². The van der Waals surface area contributed by atoms with Crippen molar-refractivity contribution in [3.05, 3.63) is 65.0 Å². The average molecular weight is 449 g/mol. The van der Waals surface area contributed by atoms with E-state index in [4.69, 9.17) is 14.7 Å². The first-order valence-electron chi connectivity index (χ1n) is 9.90. The fourth-order valence-electron chi connectivity index (χ4n) is 3.95. The number of fused-ring (bicyclic) bond motifs is 1. The summed E-state index contributed by atoms with van der Waals surface area (Å²) in [6.45, 7) is 1.57. The highest BCUT2D eigenvalue weighted by atomic mass is 32.1. The number of hydroxylamine groups is 1. The third kappa shape index (κ3) is 5.00. The van der Waals surface area contributed by atoms with Gasteiger partial charge < -0.3 is 14.4 Å². The van der Waals surface area contributed by atoms with Crippen molar-refractivity contribution in [3.8, 4) is 5.75 Å². The Kier molecular flexibility index (Phi) is 7.53. The Bertz CT molecular complexity index is 934. The van der Waals surface area contributed by atoms with Crippen LogP contribution in [0.25, 0.3) is 0 Å². The van der Waals surface area contributed by atoms with Gasteiger partial charge in [0.15, 0.2) is 0 Å². The molecule has 2 N–H and O–H groups in total. The predicted octanol–water partition coefficient (Wildman–Crippen LogP) is 2.95. The molecule has 0 bridgehead atoms. The maximum atomic E-state index is 13.5. The minimum atomic E-state index is -0.643. The van der Waals surface area contributed by atoms with E-state index in [-0.39, 0.29) is 43.3 Å². The number of rotatable bonds is 3. The van der Waals surface area contributed by atoms with Crippen LogP contribution in [0.1, 0.15) is 40.4 Å². The second-order valence-electron chi connectivity index (χ2n) is 7.49. The van der Waals surface area contributed by atoms with Crippen molar-refractivity contribution in [3.63, 3.8) is 0 Å². The van der Waals surface area contributed by atoms with E-state index in [9.17, 15) is 14.0 Å². The van der Waals surface area contributed by atoms with E-state index in [2.05, 4.69) is 0 Å². The smallest absolute Gasteiger partial charge is 0.274 e. The molecule has 1 saturated heterocycles. The SMILES string of the molecule is O=C(NO)c1ccc2c(c1)OC[C@H](c1ccc(F)cc1)N(C(=O)C1CCOCC1)C2.S. The molecule has 0 radical (unpaired) electrons. The summed E-state index contributed by atoms with van der Waals surface area (Å²) < 4.78 is 24.8. The van der Waals surface area contributed by atoms with Gasteiger partial charge in [0, 0.05) is 30.3 Å². The van der Waals surface area contributed by atoms with E-state index in [1.54, 1.807) is 40.7 Å². The highest BCUT2D eigenvalue weighted by Gasteiger charge is 2.34. The Morgan fingerprint density at radius 1 is 1.10 bits per heavy atom. The van der Waals surface area contributed by atoms with E-state index < -0.39 is 11.9 Å². The van der Waals surface area contributed by atoms with Crippen molar-refractivity contribution in [2.24, 2.45) is 5.92 Å². The lowest BCUT2D eigenvalue weighted by Crippen LogP contribution is -2.41. The molecule has 2 aromatic carbocycles. The van der Waals surface area contributed by atoms with Gasteiger partial charge in [-0.05, 0) is 42.7 Å². The monoisotopic (exact) mass is 448 g/mol. The third-order valence-corrected chi connectivity index (χ3v) is 5.65. The van der Waals surface area contributed by atoms with E-state index in [0.29, 0.717) is 38.3 Å². The molecule has 0 aliphatic carbocycles. The zero-order valence-corrected chi connectivity index (χ0v) is 17.8. The fourth-order valence-corrected chi connectivity index (χ4v) is 3.95. The van der Waals surface area contributed by atoms with Gasteiger partial charge in [-0.3, -0.25) is 14.8 Å². The standard InChI is InChI=1S/C22H23FN2O5.H2S/c23-18-5-3-14(4-6-18)19-13-30-20-11-16(21(26)24-28)1-2-17(20)12-25(19)22(27)15-7-9-29-10-8-15;/h1-6,11,15,19,28H,7-10,12-13H2,(H,24,26);1H2/t19-;/m1./s1. The van der Waals surface area contributed by atoms with Crippen molar-refractivity contribution in [2.75, 3.05) is 19.8 Å². The van der Waals surface area contributed by atoms with Gasteiger partial charge in [0.05, 0.1) is 12.6 Å². The van der Waals surface area contributed by atoms with E-state index in [1.807, 2.05) is 0 Å². The molecule has 1 atom stereocenters. The number of carbonyl (C=O) groups excluding carboxylic acids is 2. The average Bonchev–Trinajstić information content (AvgIpc) is 2.98. The summed E-state index contributed by atoms with van der Waals surface area (Å²) in [6.07, 6.45) is 1.32. The first kappa shape index (κ1) is 23.1. The second kappa shape index (κ2) is 10.1. The topological polar surface area (TPSA) is 88.1 Å². The molecule has 2 amide bonds. The van der Waals surface area contributed by atoms with Crippen molar-refractivity contribution in [1.82, 2.24) is 10.4 Å². The van der Waals surface area contributed by atoms with Crippen LogP contribution in [0.15, 0.2) is 42.5 Å². The molecule has 7 nitrogen and oxygen atoms in total. The zero-order valence-electron chi connectivity index (χ0n) is 16.8. The number of benzene rings is 2. The highest BCUT2D eigenvalue weighted by molar-refractivity contribution is 7.59. The minimum absolute atomic E-state index is 0. The van der Waals surface area contributed by atoms with Crippen LogP contribution in [-0.2, 0) is 16.1 Å². The molecule has 0 unspecified atom stereocenters. The van der Waals surface area contributed by atoms with Crippen molar-refractivity contribution < 1.29 is 28.7 Å². The van der Waals surface area contributed by atoms with Crippen LogP contribution in [0.3, 0.4) is 0 Å². The summed E-state index contributed by atoms with van der Waals surface area (Å²) in [5, 5.41) is 8.89. The molecule has 4 rings (SSSR count). The predicted molar refractivity (Wildman–Crippen MR) is 115 cm³/mol. The second-order valence-corrected chi connectivity index (χ2v) is 7.49. The van der Waals surface area contributed by atoms with Crippen LogP contribution in [0.5, 0.6) is 5.75 Å². The molecule has 0 aromatic heterocycles. The number of carbonyl (C=O) groups is 2.